The van der Waals surface area contributed by atoms with Crippen molar-refractivity contribution < 1.29 is 18.3 Å². The summed E-state index contributed by atoms with van der Waals surface area (Å²) in [7, 11) is 0. The minimum Gasteiger partial charge on any atom is -0.381 e. The molecule has 0 aromatic heterocycles. The van der Waals surface area contributed by atoms with Gasteiger partial charge >= 0.3 is 0 Å². The minimum atomic E-state index is -2.46. The first-order valence-corrected chi connectivity index (χ1v) is 10.8. The summed E-state index contributed by atoms with van der Waals surface area (Å²) in [5, 5.41) is 9.20. The number of nitrogens with one attached hydrogen (secondary N) is 2. The number of amides is 1. The normalized spacial score (nSPS) is 35.2. The SMILES string of the molecule is O=C(NC1CCOCC1)C1=CSC([C@@H]2C[C@H]2NC2CCC(F)(F)CC2)C1. The highest BCUT2D eigenvalue weighted by atomic mass is 32.2. The van der Waals surface area contributed by atoms with Crippen LogP contribution in [0.5, 0.6) is 0 Å². The Morgan fingerprint density at radius 3 is 2.62 bits per heavy atom. The zero-order chi connectivity index (χ0) is 18.1. The van der Waals surface area contributed by atoms with E-state index < -0.39 is 5.92 Å². The van der Waals surface area contributed by atoms with Crippen LogP contribution in [-0.2, 0) is 9.53 Å². The Kier molecular flexibility index (Phi) is 5.58. The van der Waals surface area contributed by atoms with E-state index in [1.54, 1.807) is 11.8 Å². The number of rotatable bonds is 5. The number of alkyl halides is 2. The van der Waals surface area contributed by atoms with Crippen molar-refractivity contribution in [3.05, 3.63) is 11.0 Å². The monoisotopic (exact) mass is 386 g/mol. The summed E-state index contributed by atoms with van der Waals surface area (Å²) < 4.78 is 31.8. The number of hydrogen-bond acceptors (Lipinski definition) is 4. The molecule has 2 heterocycles. The maximum atomic E-state index is 13.3. The zero-order valence-electron chi connectivity index (χ0n) is 15.0. The quantitative estimate of drug-likeness (QED) is 0.762. The largest absolute Gasteiger partial charge is 0.381 e. The highest BCUT2D eigenvalue weighted by Gasteiger charge is 2.46. The molecule has 1 amide bonds. The summed E-state index contributed by atoms with van der Waals surface area (Å²) in [6, 6.07) is 0.914. The number of halogens is 2. The number of carbonyl (C=O) groups is 1. The lowest BCUT2D eigenvalue weighted by Gasteiger charge is -2.29. The molecule has 26 heavy (non-hydrogen) atoms. The summed E-state index contributed by atoms with van der Waals surface area (Å²) in [6.45, 7) is 1.45. The topological polar surface area (TPSA) is 50.4 Å². The highest BCUT2D eigenvalue weighted by Crippen LogP contribution is 2.47. The fraction of sp³-hybridized carbons (Fsp3) is 0.842. The smallest absolute Gasteiger partial charge is 0.248 e. The number of hydrogen-bond donors (Lipinski definition) is 2. The lowest BCUT2D eigenvalue weighted by atomic mass is 9.92. The van der Waals surface area contributed by atoms with Gasteiger partial charge in [-0.05, 0) is 49.9 Å². The molecule has 2 N–H and O–H groups in total. The van der Waals surface area contributed by atoms with Crippen LogP contribution in [0.3, 0.4) is 0 Å². The molecular weight excluding hydrogens is 358 g/mol. The summed E-state index contributed by atoms with van der Waals surface area (Å²) in [6.07, 6.45) is 4.89. The van der Waals surface area contributed by atoms with E-state index >= 15 is 0 Å². The molecule has 1 saturated heterocycles. The van der Waals surface area contributed by atoms with Crippen LogP contribution in [0.2, 0.25) is 0 Å². The molecule has 1 unspecified atom stereocenters. The fourth-order valence-corrected chi connectivity index (χ4v) is 5.65. The van der Waals surface area contributed by atoms with E-state index in [0.29, 0.717) is 30.1 Å². The van der Waals surface area contributed by atoms with Crippen LogP contribution < -0.4 is 10.6 Å². The van der Waals surface area contributed by atoms with Crippen molar-refractivity contribution in [2.75, 3.05) is 13.2 Å². The molecule has 0 spiro atoms. The Labute approximate surface area is 157 Å². The molecule has 7 heteroatoms. The Balaban J connectivity index is 1.18. The lowest BCUT2D eigenvalue weighted by Crippen LogP contribution is -2.40. The van der Waals surface area contributed by atoms with Gasteiger partial charge in [-0.15, -0.1) is 11.8 Å². The van der Waals surface area contributed by atoms with Crippen molar-refractivity contribution in [1.29, 1.82) is 0 Å². The third kappa shape index (κ3) is 4.60. The van der Waals surface area contributed by atoms with Gasteiger partial charge in [-0.2, -0.15) is 0 Å². The molecule has 0 bridgehead atoms. The fourth-order valence-electron chi connectivity index (χ4n) is 4.33. The number of ether oxygens (including phenoxy) is 1. The summed E-state index contributed by atoms with van der Waals surface area (Å²) >= 11 is 1.77. The third-order valence-corrected chi connectivity index (χ3v) is 7.43. The van der Waals surface area contributed by atoms with Crippen molar-refractivity contribution in [3.8, 4) is 0 Å². The van der Waals surface area contributed by atoms with Crippen molar-refractivity contribution in [2.24, 2.45) is 5.92 Å². The van der Waals surface area contributed by atoms with E-state index in [2.05, 4.69) is 10.6 Å². The standard InChI is InChI=1S/C19H28F2N2O2S/c20-19(21)5-1-13(2-6-19)22-16-10-15(16)17-9-12(11-26-17)18(24)23-14-3-7-25-8-4-14/h11,13-17,22H,1-10H2,(H,23,24)/t15-,16-,17?/m1/s1. The van der Waals surface area contributed by atoms with Crippen LogP contribution in [0.4, 0.5) is 8.78 Å². The molecule has 0 aromatic carbocycles. The maximum absolute atomic E-state index is 13.3. The van der Waals surface area contributed by atoms with Crippen molar-refractivity contribution in [2.45, 2.75) is 80.7 Å². The molecule has 4 rings (SSSR count). The van der Waals surface area contributed by atoms with Crippen LogP contribution >= 0.6 is 11.8 Å². The molecule has 146 valence electrons. The molecule has 0 aromatic rings. The van der Waals surface area contributed by atoms with Gasteiger partial charge in [0.25, 0.3) is 0 Å². The van der Waals surface area contributed by atoms with E-state index in [-0.39, 0.29) is 30.8 Å². The van der Waals surface area contributed by atoms with Gasteiger partial charge < -0.3 is 15.4 Å². The van der Waals surface area contributed by atoms with Crippen LogP contribution in [0.25, 0.3) is 0 Å². The van der Waals surface area contributed by atoms with Gasteiger partial charge in [0.1, 0.15) is 0 Å². The molecule has 2 aliphatic heterocycles. The van der Waals surface area contributed by atoms with Gasteiger partial charge in [0, 0.05) is 55.0 Å². The summed E-state index contributed by atoms with van der Waals surface area (Å²) in [5.74, 6) is -1.82. The van der Waals surface area contributed by atoms with E-state index in [1.807, 2.05) is 5.41 Å². The first-order valence-electron chi connectivity index (χ1n) is 9.87. The van der Waals surface area contributed by atoms with Crippen LogP contribution in [0.1, 0.15) is 51.4 Å². The van der Waals surface area contributed by atoms with Gasteiger partial charge in [0.2, 0.25) is 11.8 Å². The van der Waals surface area contributed by atoms with Gasteiger partial charge in [-0.3, -0.25) is 4.79 Å². The molecular formula is C19H28F2N2O2S. The molecule has 3 fully saturated rings. The number of thioether (sulfide) groups is 1. The zero-order valence-corrected chi connectivity index (χ0v) is 15.8. The van der Waals surface area contributed by atoms with Gasteiger partial charge in [-0.25, -0.2) is 8.78 Å². The Morgan fingerprint density at radius 2 is 1.88 bits per heavy atom. The van der Waals surface area contributed by atoms with Crippen LogP contribution in [0, 0.1) is 5.92 Å². The highest BCUT2D eigenvalue weighted by molar-refractivity contribution is 8.03. The molecule has 4 aliphatic rings. The predicted molar refractivity (Wildman–Crippen MR) is 98.3 cm³/mol. The van der Waals surface area contributed by atoms with Crippen molar-refractivity contribution in [3.63, 3.8) is 0 Å². The van der Waals surface area contributed by atoms with E-state index in [4.69, 9.17) is 4.74 Å². The van der Waals surface area contributed by atoms with E-state index in [1.165, 1.54) is 0 Å². The van der Waals surface area contributed by atoms with E-state index in [0.717, 1.165) is 44.5 Å². The second-order valence-corrected chi connectivity index (χ2v) is 9.30. The molecule has 0 radical (unpaired) electrons. The van der Waals surface area contributed by atoms with Gasteiger partial charge in [0.15, 0.2) is 0 Å². The molecule has 2 saturated carbocycles. The first-order chi connectivity index (χ1) is 12.5. The molecule has 4 nitrogen and oxygen atoms in total. The summed E-state index contributed by atoms with van der Waals surface area (Å²) in [5.41, 5.74) is 0.898. The number of carbonyl (C=O) groups excluding carboxylic acids is 1. The average Bonchev–Trinajstić information content (AvgIpc) is 3.20. The van der Waals surface area contributed by atoms with Gasteiger partial charge in [-0.1, -0.05) is 0 Å². The van der Waals surface area contributed by atoms with Gasteiger partial charge in [0.05, 0.1) is 0 Å². The second-order valence-electron chi connectivity index (χ2n) is 8.18. The Hall–Kier alpha value is -0.660. The average molecular weight is 387 g/mol. The first kappa shape index (κ1) is 18.7. The van der Waals surface area contributed by atoms with Crippen LogP contribution in [-0.4, -0.2) is 48.4 Å². The lowest BCUT2D eigenvalue weighted by molar-refractivity contribution is -0.118. The third-order valence-electron chi connectivity index (χ3n) is 6.14. The summed E-state index contributed by atoms with van der Waals surface area (Å²) in [4.78, 5) is 12.4. The predicted octanol–water partition coefficient (Wildman–Crippen LogP) is 3.23. The minimum absolute atomic E-state index is 0.0122. The Morgan fingerprint density at radius 1 is 1.15 bits per heavy atom. The molecule has 2 aliphatic carbocycles. The maximum Gasteiger partial charge on any atom is 0.248 e. The second kappa shape index (κ2) is 7.76. The van der Waals surface area contributed by atoms with Crippen molar-refractivity contribution in [1.82, 2.24) is 10.6 Å². The van der Waals surface area contributed by atoms with Crippen molar-refractivity contribution >= 4 is 17.7 Å². The van der Waals surface area contributed by atoms with E-state index in [9.17, 15) is 13.6 Å². The Bertz CT molecular complexity index is 556. The molecule has 3 atom stereocenters. The van der Waals surface area contributed by atoms with Crippen LogP contribution in [0.15, 0.2) is 11.0 Å².